The third-order valence-corrected chi connectivity index (χ3v) is 2.20. The van der Waals surface area contributed by atoms with E-state index in [1.807, 2.05) is 6.92 Å². The Balaban J connectivity index is 2.86. The van der Waals surface area contributed by atoms with Crippen LogP contribution in [0, 0.1) is 0 Å². The van der Waals surface area contributed by atoms with Crippen molar-refractivity contribution in [2.75, 3.05) is 5.32 Å². The van der Waals surface area contributed by atoms with E-state index in [4.69, 9.17) is 5.11 Å². The lowest BCUT2D eigenvalue weighted by molar-refractivity contribution is -0.137. The molecular weight excluding hydrogens is 208 g/mol. The minimum atomic E-state index is -0.923. The van der Waals surface area contributed by atoms with Crippen molar-refractivity contribution in [1.82, 2.24) is 4.57 Å². The summed E-state index contributed by atoms with van der Waals surface area (Å²) in [6.45, 7) is 4.17. The van der Waals surface area contributed by atoms with Crippen LogP contribution < -0.4 is 10.9 Å². The molecule has 1 aromatic rings. The monoisotopic (exact) mass is 224 g/mol. The third kappa shape index (κ3) is 3.12. The lowest BCUT2D eigenvalue weighted by atomic mass is 10.3. The molecule has 0 aliphatic heterocycles. The number of aryl methyl sites for hydroxylation is 1. The van der Waals surface area contributed by atoms with Crippen LogP contribution in [0.4, 0.5) is 5.69 Å². The SMILES string of the molecule is CCCn1cc(NC(C)C(=O)O)ccc1=O. The van der Waals surface area contributed by atoms with Gasteiger partial charge in [-0.15, -0.1) is 0 Å². The maximum atomic E-state index is 11.4. The van der Waals surface area contributed by atoms with Gasteiger partial charge in [0.05, 0.1) is 5.69 Å². The molecule has 0 aliphatic rings. The number of carbonyl (C=O) groups is 1. The first-order chi connectivity index (χ1) is 7.54. The van der Waals surface area contributed by atoms with Crippen molar-refractivity contribution in [3.05, 3.63) is 28.7 Å². The molecule has 0 saturated heterocycles. The predicted octanol–water partition coefficient (Wildman–Crippen LogP) is 1.14. The highest BCUT2D eigenvalue weighted by atomic mass is 16.4. The number of pyridine rings is 1. The predicted molar refractivity (Wildman–Crippen MR) is 61.7 cm³/mol. The van der Waals surface area contributed by atoms with Crippen molar-refractivity contribution < 1.29 is 9.90 Å². The van der Waals surface area contributed by atoms with Crippen LogP contribution in [0.25, 0.3) is 0 Å². The average molecular weight is 224 g/mol. The molecule has 0 bridgehead atoms. The first-order valence-corrected chi connectivity index (χ1v) is 5.24. The molecule has 0 aromatic carbocycles. The highest BCUT2D eigenvalue weighted by Crippen LogP contribution is 2.05. The number of carboxylic acid groups (broad SMARTS) is 1. The summed E-state index contributed by atoms with van der Waals surface area (Å²) < 4.78 is 1.57. The fraction of sp³-hybridized carbons (Fsp3) is 0.455. The molecule has 0 saturated carbocycles. The zero-order valence-electron chi connectivity index (χ0n) is 9.43. The minimum Gasteiger partial charge on any atom is -0.480 e. The molecule has 5 heteroatoms. The van der Waals surface area contributed by atoms with Gasteiger partial charge in [-0.25, -0.2) is 0 Å². The van der Waals surface area contributed by atoms with Gasteiger partial charge in [-0.05, 0) is 19.4 Å². The second-order valence-corrected chi connectivity index (χ2v) is 3.65. The van der Waals surface area contributed by atoms with E-state index >= 15 is 0 Å². The Bertz CT molecular complexity index is 425. The fourth-order valence-corrected chi connectivity index (χ4v) is 1.34. The maximum Gasteiger partial charge on any atom is 0.325 e. The van der Waals surface area contributed by atoms with E-state index in [0.29, 0.717) is 12.2 Å². The number of aliphatic carboxylic acids is 1. The quantitative estimate of drug-likeness (QED) is 0.786. The topological polar surface area (TPSA) is 71.3 Å². The van der Waals surface area contributed by atoms with Gasteiger partial charge in [0.1, 0.15) is 6.04 Å². The van der Waals surface area contributed by atoms with E-state index in [1.54, 1.807) is 23.8 Å². The van der Waals surface area contributed by atoms with Crippen LogP contribution >= 0.6 is 0 Å². The number of carboxylic acids is 1. The summed E-state index contributed by atoms with van der Waals surface area (Å²) in [4.78, 5) is 22.1. The molecule has 0 fully saturated rings. The molecule has 1 aromatic heterocycles. The van der Waals surface area contributed by atoms with Crippen LogP contribution in [0.5, 0.6) is 0 Å². The molecule has 1 rings (SSSR count). The summed E-state index contributed by atoms with van der Waals surface area (Å²) in [6, 6.07) is 2.35. The number of hydrogen-bond acceptors (Lipinski definition) is 3. The second kappa shape index (κ2) is 5.34. The molecule has 1 atom stereocenters. The van der Waals surface area contributed by atoms with Gasteiger partial charge >= 0.3 is 5.97 Å². The van der Waals surface area contributed by atoms with Crippen molar-refractivity contribution in [2.24, 2.45) is 0 Å². The van der Waals surface area contributed by atoms with Crippen LogP contribution in [-0.2, 0) is 11.3 Å². The molecule has 2 N–H and O–H groups in total. The van der Waals surface area contributed by atoms with E-state index in [9.17, 15) is 9.59 Å². The Hall–Kier alpha value is -1.78. The summed E-state index contributed by atoms with van der Waals surface area (Å²) in [7, 11) is 0. The normalized spacial score (nSPS) is 12.1. The zero-order chi connectivity index (χ0) is 12.1. The van der Waals surface area contributed by atoms with Gasteiger partial charge in [-0.3, -0.25) is 9.59 Å². The standard InChI is InChI=1S/C11H16N2O3/c1-3-6-13-7-9(4-5-10(13)14)12-8(2)11(15)16/h4-5,7-8,12H,3,6H2,1-2H3,(H,15,16). The van der Waals surface area contributed by atoms with Crippen molar-refractivity contribution in [1.29, 1.82) is 0 Å². The van der Waals surface area contributed by atoms with Crippen LogP contribution in [0.2, 0.25) is 0 Å². The van der Waals surface area contributed by atoms with Gasteiger partial charge in [0.2, 0.25) is 0 Å². The van der Waals surface area contributed by atoms with E-state index in [2.05, 4.69) is 5.32 Å². The van der Waals surface area contributed by atoms with Gasteiger partial charge in [-0.2, -0.15) is 0 Å². The maximum absolute atomic E-state index is 11.4. The summed E-state index contributed by atoms with van der Waals surface area (Å²) in [5.74, 6) is -0.923. The molecule has 16 heavy (non-hydrogen) atoms. The Morgan fingerprint density at radius 2 is 2.25 bits per heavy atom. The summed E-state index contributed by atoms with van der Waals surface area (Å²) >= 11 is 0. The third-order valence-electron chi connectivity index (χ3n) is 2.20. The smallest absolute Gasteiger partial charge is 0.325 e. The number of nitrogens with one attached hydrogen (secondary N) is 1. The lowest BCUT2D eigenvalue weighted by Gasteiger charge is -2.12. The molecule has 0 spiro atoms. The lowest BCUT2D eigenvalue weighted by Crippen LogP contribution is -2.27. The van der Waals surface area contributed by atoms with Crippen molar-refractivity contribution in [2.45, 2.75) is 32.9 Å². The second-order valence-electron chi connectivity index (χ2n) is 3.65. The van der Waals surface area contributed by atoms with E-state index < -0.39 is 12.0 Å². The Morgan fingerprint density at radius 1 is 1.56 bits per heavy atom. The van der Waals surface area contributed by atoms with Gasteiger partial charge in [0, 0.05) is 18.8 Å². The molecule has 88 valence electrons. The number of hydrogen-bond donors (Lipinski definition) is 2. The summed E-state index contributed by atoms with van der Waals surface area (Å²) in [5, 5.41) is 11.5. The highest BCUT2D eigenvalue weighted by Gasteiger charge is 2.10. The van der Waals surface area contributed by atoms with E-state index in [1.165, 1.54) is 6.07 Å². The Labute approximate surface area is 93.7 Å². The fourth-order valence-electron chi connectivity index (χ4n) is 1.34. The first-order valence-electron chi connectivity index (χ1n) is 5.24. The number of aromatic nitrogens is 1. The van der Waals surface area contributed by atoms with Crippen LogP contribution in [0.1, 0.15) is 20.3 Å². The van der Waals surface area contributed by atoms with Crippen molar-refractivity contribution >= 4 is 11.7 Å². The number of anilines is 1. The molecule has 1 heterocycles. The molecular formula is C11H16N2O3. The van der Waals surface area contributed by atoms with Crippen LogP contribution in [0.15, 0.2) is 23.1 Å². The highest BCUT2D eigenvalue weighted by molar-refractivity contribution is 5.76. The number of rotatable bonds is 5. The average Bonchev–Trinajstić information content (AvgIpc) is 2.23. The summed E-state index contributed by atoms with van der Waals surface area (Å²) in [5.41, 5.74) is 0.568. The van der Waals surface area contributed by atoms with E-state index in [-0.39, 0.29) is 5.56 Å². The minimum absolute atomic E-state index is 0.0737. The van der Waals surface area contributed by atoms with Crippen molar-refractivity contribution in [3.63, 3.8) is 0 Å². The molecule has 5 nitrogen and oxygen atoms in total. The molecule has 0 aliphatic carbocycles. The van der Waals surface area contributed by atoms with Crippen LogP contribution in [-0.4, -0.2) is 21.7 Å². The molecule has 0 amide bonds. The largest absolute Gasteiger partial charge is 0.480 e. The van der Waals surface area contributed by atoms with Gasteiger partial charge in [0.15, 0.2) is 0 Å². The van der Waals surface area contributed by atoms with Gasteiger partial charge in [-0.1, -0.05) is 6.92 Å². The van der Waals surface area contributed by atoms with Crippen LogP contribution in [0.3, 0.4) is 0 Å². The zero-order valence-corrected chi connectivity index (χ0v) is 9.43. The van der Waals surface area contributed by atoms with Gasteiger partial charge < -0.3 is 15.0 Å². The molecule has 0 radical (unpaired) electrons. The summed E-state index contributed by atoms with van der Waals surface area (Å²) in [6.07, 6.45) is 2.50. The Morgan fingerprint density at radius 3 is 2.81 bits per heavy atom. The van der Waals surface area contributed by atoms with Gasteiger partial charge in [0.25, 0.3) is 5.56 Å². The van der Waals surface area contributed by atoms with E-state index in [0.717, 1.165) is 6.42 Å². The molecule has 1 unspecified atom stereocenters. The number of nitrogens with zero attached hydrogens (tertiary/aromatic N) is 1. The Kier molecular flexibility index (Phi) is 4.10. The first kappa shape index (κ1) is 12.3. The van der Waals surface area contributed by atoms with Crippen molar-refractivity contribution in [3.8, 4) is 0 Å².